The van der Waals surface area contributed by atoms with Crippen molar-refractivity contribution in [3.05, 3.63) is 0 Å². The normalized spacial score (nSPS) is 16.6. The van der Waals surface area contributed by atoms with Crippen molar-refractivity contribution < 1.29 is 5.11 Å². The number of rotatable bonds is 7. The summed E-state index contributed by atoms with van der Waals surface area (Å²) in [6.07, 6.45) is 4.44. The van der Waals surface area contributed by atoms with Gasteiger partial charge in [-0.3, -0.25) is 0 Å². The monoisotopic (exact) mass is 294 g/mol. The quantitative estimate of drug-likeness (QED) is 0.699. The second-order valence-electron chi connectivity index (χ2n) is 5.58. The van der Waals surface area contributed by atoms with E-state index in [1.54, 1.807) is 0 Å². The molecule has 1 saturated heterocycles. The molecule has 7 heteroatoms. The van der Waals surface area contributed by atoms with E-state index >= 15 is 0 Å². The average Bonchev–Trinajstić information content (AvgIpc) is 2.54. The highest BCUT2D eigenvalue weighted by molar-refractivity contribution is 5.43. The molecule has 2 heterocycles. The molecule has 1 aliphatic rings. The third kappa shape index (κ3) is 4.70. The Morgan fingerprint density at radius 3 is 2.52 bits per heavy atom. The molecule has 0 aliphatic carbocycles. The lowest BCUT2D eigenvalue weighted by Crippen LogP contribution is -2.31. The van der Waals surface area contributed by atoms with Crippen LogP contribution in [0.2, 0.25) is 0 Å². The Balaban J connectivity index is 2.05. The van der Waals surface area contributed by atoms with Gasteiger partial charge >= 0.3 is 0 Å². The van der Waals surface area contributed by atoms with Gasteiger partial charge < -0.3 is 20.6 Å². The summed E-state index contributed by atoms with van der Waals surface area (Å²) >= 11 is 0. The fourth-order valence-corrected chi connectivity index (χ4v) is 2.38. The molecule has 0 bridgehead atoms. The van der Waals surface area contributed by atoms with E-state index in [2.05, 4.69) is 37.4 Å². The summed E-state index contributed by atoms with van der Waals surface area (Å²) in [5, 5.41) is 15.2. The lowest BCUT2D eigenvalue weighted by molar-refractivity contribution is 0.265. The predicted molar refractivity (Wildman–Crippen MR) is 84.8 cm³/mol. The predicted octanol–water partition coefficient (Wildman–Crippen LogP) is 1.33. The van der Waals surface area contributed by atoms with Crippen molar-refractivity contribution in [2.75, 3.05) is 48.8 Å². The highest BCUT2D eigenvalue weighted by Crippen LogP contribution is 2.18. The first-order valence-electron chi connectivity index (χ1n) is 7.76. The van der Waals surface area contributed by atoms with Crippen LogP contribution in [0.3, 0.4) is 0 Å². The van der Waals surface area contributed by atoms with Crippen molar-refractivity contribution in [3.8, 4) is 0 Å². The fraction of sp³-hybridized carbons (Fsp3) is 0.786. The Morgan fingerprint density at radius 1 is 1.14 bits per heavy atom. The van der Waals surface area contributed by atoms with E-state index in [1.165, 1.54) is 19.3 Å². The summed E-state index contributed by atoms with van der Waals surface area (Å²) in [6.45, 7) is 5.06. The minimum Gasteiger partial charge on any atom is -0.396 e. The molecule has 3 N–H and O–H groups in total. The van der Waals surface area contributed by atoms with Crippen LogP contribution in [0.5, 0.6) is 0 Å². The largest absolute Gasteiger partial charge is 0.396 e. The Morgan fingerprint density at radius 2 is 1.86 bits per heavy atom. The zero-order chi connectivity index (χ0) is 15.1. The number of hydrogen-bond donors (Lipinski definition) is 3. The SMILES string of the molecule is CNc1nc(NCC(C)CCO)nc(N2CCCCC2)n1. The zero-order valence-corrected chi connectivity index (χ0v) is 13.0. The molecule has 0 spiro atoms. The van der Waals surface area contributed by atoms with Crippen LogP contribution in [0, 0.1) is 5.92 Å². The van der Waals surface area contributed by atoms with Crippen LogP contribution in [0.1, 0.15) is 32.6 Å². The molecule has 21 heavy (non-hydrogen) atoms. The van der Waals surface area contributed by atoms with Gasteiger partial charge in [0.2, 0.25) is 17.8 Å². The Labute approximate surface area is 126 Å². The number of aliphatic hydroxyl groups is 1. The van der Waals surface area contributed by atoms with Gasteiger partial charge in [0.15, 0.2) is 0 Å². The maximum Gasteiger partial charge on any atom is 0.231 e. The molecule has 2 rings (SSSR count). The smallest absolute Gasteiger partial charge is 0.231 e. The van der Waals surface area contributed by atoms with E-state index in [-0.39, 0.29) is 6.61 Å². The van der Waals surface area contributed by atoms with Gasteiger partial charge in [-0.15, -0.1) is 0 Å². The van der Waals surface area contributed by atoms with E-state index in [4.69, 9.17) is 5.11 Å². The highest BCUT2D eigenvalue weighted by atomic mass is 16.3. The van der Waals surface area contributed by atoms with Crippen molar-refractivity contribution in [2.45, 2.75) is 32.6 Å². The number of aromatic nitrogens is 3. The second kappa shape index (κ2) is 7.97. The summed E-state index contributed by atoms with van der Waals surface area (Å²) < 4.78 is 0. The van der Waals surface area contributed by atoms with E-state index < -0.39 is 0 Å². The molecule has 1 atom stereocenters. The van der Waals surface area contributed by atoms with Crippen molar-refractivity contribution in [1.82, 2.24) is 15.0 Å². The molecule has 0 aromatic carbocycles. The van der Waals surface area contributed by atoms with Crippen LogP contribution in [0.15, 0.2) is 0 Å². The topological polar surface area (TPSA) is 86.2 Å². The second-order valence-corrected chi connectivity index (χ2v) is 5.58. The Kier molecular flexibility index (Phi) is 5.98. The van der Waals surface area contributed by atoms with Gasteiger partial charge in [-0.05, 0) is 31.6 Å². The summed E-state index contributed by atoms with van der Waals surface area (Å²) in [7, 11) is 1.81. The number of aliphatic hydroxyl groups excluding tert-OH is 1. The molecule has 0 radical (unpaired) electrons. The van der Waals surface area contributed by atoms with E-state index in [0.29, 0.717) is 17.8 Å². The molecular weight excluding hydrogens is 268 g/mol. The minimum atomic E-state index is 0.209. The average molecular weight is 294 g/mol. The van der Waals surface area contributed by atoms with E-state index in [9.17, 15) is 0 Å². The standard InChI is InChI=1S/C14H26N6O/c1-11(6-9-21)10-16-13-17-12(15-2)18-14(19-13)20-7-4-3-5-8-20/h11,21H,3-10H2,1-2H3,(H2,15,16,17,18,19). The van der Waals surface area contributed by atoms with Crippen LogP contribution in [0.4, 0.5) is 17.8 Å². The van der Waals surface area contributed by atoms with Crippen LogP contribution in [-0.4, -0.2) is 53.3 Å². The molecule has 1 aliphatic heterocycles. The molecule has 1 aromatic heterocycles. The number of anilines is 3. The van der Waals surface area contributed by atoms with Gasteiger partial charge in [-0.25, -0.2) is 0 Å². The van der Waals surface area contributed by atoms with Crippen molar-refractivity contribution in [3.63, 3.8) is 0 Å². The molecule has 7 nitrogen and oxygen atoms in total. The van der Waals surface area contributed by atoms with Crippen molar-refractivity contribution in [1.29, 1.82) is 0 Å². The lowest BCUT2D eigenvalue weighted by atomic mass is 10.1. The van der Waals surface area contributed by atoms with Crippen LogP contribution < -0.4 is 15.5 Å². The van der Waals surface area contributed by atoms with Gasteiger partial charge in [0.25, 0.3) is 0 Å². The summed E-state index contributed by atoms with van der Waals surface area (Å²) in [4.78, 5) is 15.5. The Bertz CT molecular complexity index is 435. The van der Waals surface area contributed by atoms with Gasteiger partial charge in [0, 0.05) is 33.3 Å². The molecule has 118 valence electrons. The third-order valence-corrected chi connectivity index (χ3v) is 3.72. The molecule has 1 fully saturated rings. The van der Waals surface area contributed by atoms with Crippen molar-refractivity contribution >= 4 is 17.8 Å². The Hall–Kier alpha value is -1.63. The lowest BCUT2D eigenvalue weighted by Gasteiger charge is -2.27. The maximum absolute atomic E-state index is 8.94. The number of piperidine rings is 1. The maximum atomic E-state index is 8.94. The molecule has 1 unspecified atom stereocenters. The number of hydrogen-bond acceptors (Lipinski definition) is 7. The zero-order valence-electron chi connectivity index (χ0n) is 13.0. The van der Waals surface area contributed by atoms with Gasteiger partial charge in [0.05, 0.1) is 0 Å². The number of nitrogens with one attached hydrogen (secondary N) is 2. The molecule has 0 amide bonds. The number of nitrogens with zero attached hydrogens (tertiary/aromatic N) is 4. The molecule has 1 aromatic rings. The molecule has 0 saturated carbocycles. The van der Waals surface area contributed by atoms with Crippen LogP contribution >= 0.6 is 0 Å². The van der Waals surface area contributed by atoms with Crippen LogP contribution in [-0.2, 0) is 0 Å². The van der Waals surface area contributed by atoms with Gasteiger partial charge in [-0.1, -0.05) is 6.92 Å². The van der Waals surface area contributed by atoms with Crippen LogP contribution in [0.25, 0.3) is 0 Å². The summed E-state index contributed by atoms with van der Waals surface area (Å²) in [6, 6.07) is 0. The highest BCUT2D eigenvalue weighted by Gasteiger charge is 2.16. The first kappa shape index (κ1) is 15.8. The molecular formula is C14H26N6O. The summed E-state index contributed by atoms with van der Waals surface area (Å²) in [5.74, 6) is 2.30. The van der Waals surface area contributed by atoms with Gasteiger partial charge in [-0.2, -0.15) is 15.0 Å². The van der Waals surface area contributed by atoms with Crippen molar-refractivity contribution in [2.24, 2.45) is 5.92 Å². The summed E-state index contributed by atoms with van der Waals surface area (Å²) in [5.41, 5.74) is 0. The van der Waals surface area contributed by atoms with E-state index in [1.807, 2.05) is 7.05 Å². The first-order valence-corrected chi connectivity index (χ1v) is 7.76. The fourth-order valence-electron chi connectivity index (χ4n) is 2.38. The third-order valence-electron chi connectivity index (χ3n) is 3.72. The minimum absolute atomic E-state index is 0.209. The van der Waals surface area contributed by atoms with Gasteiger partial charge in [0.1, 0.15) is 0 Å². The first-order chi connectivity index (χ1) is 10.2. The van der Waals surface area contributed by atoms with E-state index in [0.717, 1.165) is 32.0 Å².